The van der Waals surface area contributed by atoms with Crippen LogP contribution in [0.3, 0.4) is 0 Å². The number of rotatable bonds is 6. The first kappa shape index (κ1) is 19.9. The molecule has 23 heavy (non-hydrogen) atoms. The average Bonchev–Trinajstić information content (AvgIpc) is 2.87. The number of hydrogen-bond acceptors (Lipinski definition) is 3. The highest BCUT2D eigenvalue weighted by Crippen LogP contribution is 2.31. The van der Waals surface area contributed by atoms with Crippen molar-refractivity contribution in [3.05, 3.63) is 28.7 Å². The summed E-state index contributed by atoms with van der Waals surface area (Å²) in [5.74, 6) is -0.340. The second-order valence-electron chi connectivity index (χ2n) is 5.56. The molecule has 1 saturated heterocycles. The fourth-order valence-electron chi connectivity index (χ4n) is 2.61. The Kier molecular flexibility index (Phi) is 8.02. The monoisotopic (exact) mass is 403 g/mol. The van der Waals surface area contributed by atoms with Crippen LogP contribution in [0.2, 0.25) is 0 Å². The van der Waals surface area contributed by atoms with E-state index >= 15 is 0 Å². The van der Waals surface area contributed by atoms with Crippen LogP contribution in [0.4, 0.5) is 5.69 Å². The number of anilines is 1. The molecule has 2 N–H and O–H groups in total. The summed E-state index contributed by atoms with van der Waals surface area (Å²) in [7, 11) is 0. The average molecular weight is 405 g/mol. The predicted molar refractivity (Wildman–Crippen MR) is 98.0 cm³/mol. The van der Waals surface area contributed by atoms with Gasteiger partial charge in [0.05, 0.1) is 11.6 Å². The van der Waals surface area contributed by atoms with E-state index in [9.17, 15) is 9.59 Å². The van der Waals surface area contributed by atoms with Crippen molar-refractivity contribution in [3.8, 4) is 0 Å². The van der Waals surface area contributed by atoms with Crippen molar-refractivity contribution in [2.24, 2.45) is 5.92 Å². The second-order valence-corrected chi connectivity index (χ2v) is 6.42. The lowest BCUT2D eigenvalue weighted by atomic mass is 10.1. The zero-order valence-corrected chi connectivity index (χ0v) is 15.7. The van der Waals surface area contributed by atoms with E-state index in [1.165, 1.54) is 0 Å². The number of nitrogens with one attached hydrogen (secondary N) is 2. The Bertz CT molecular complexity index is 556. The summed E-state index contributed by atoms with van der Waals surface area (Å²) in [6, 6.07) is 7.80. The van der Waals surface area contributed by atoms with Crippen LogP contribution in [0, 0.1) is 5.92 Å². The molecule has 1 aromatic rings. The van der Waals surface area contributed by atoms with Crippen molar-refractivity contribution in [2.75, 3.05) is 24.5 Å². The van der Waals surface area contributed by atoms with Crippen LogP contribution < -0.4 is 15.5 Å². The predicted octanol–water partition coefficient (Wildman–Crippen LogP) is 2.34. The Hall–Kier alpha value is -1.11. The van der Waals surface area contributed by atoms with Crippen LogP contribution in [0.5, 0.6) is 0 Å². The van der Waals surface area contributed by atoms with E-state index in [0.29, 0.717) is 13.1 Å². The standard InChI is InChI=1S/C16H22BrN3O2.ClH/c1-3-18-11(2)9-19-16(22)12-8-15(21)20(10-12)14-7-5-4-6-13(14)17;/h4-7,11-12,18H,3,8-10H2,1-2H3,(H,19,22);1H/t11-,12?;/m1./s1. The second kappa shape index (κ2) is 9.25. The summed E-state index contributed by atoms with van der Waals surface area (Å²) in [5, 5.41) is 6.17. The molecular formula is C16H23BrClN3O2. The van der Waals surface area contributed by atoms with Gasteiger partial charge in [-0.2, -0.15) is 0 Å². The van der Waals surface area contributed by atoms with Crippen LogP contribution in [-0.4, -0.2) is 37.5 Å². The molecule has 0 aromatic heterocycles. The summed E-state index contributed by atoms with van der Waals surface area (Å²) in [4.78, 5) is 26.1. The number of hydrogen-bond donors (Lipinski definition) is 2. The van der Waals surface area contributed by atoms with Gasteiger partial charge in [-0.25, -0.2) is 0 Å². The van der Waals surface area contributed by atoms with Gasteiger partial charge < -0.3 is 15.5 Å². The van der Waals surface area contributed by atoms with E-state index in [1.807, 2.05) is 38.1 Å². The fraction of sp³-hybridized carbons (Fsp3) is 0.500. The van der Waals surface area contributed by atoms with E-state index in [-0.39, 0.29) is 42.6 Å². The molecule has 5 nitrogen and oxygen atoms in total. The lowest BCUT2D eigenvalue weighted by Crippen LogP contribution is -2.41. The Labute approximate surface area is 151 Å². The maximum Gasteiger partial charge on any atom is 0.227 e. The molecule has 2 amide bonds. The van der Waals surface area contributed by atoms with Crippen molar-refractivity contribution < 1.29 is 9.59 Å². The van der Waals surface area contributed by atoms with Gasteiger partial charge in [0.1, 0.15) is 0 Å². The smallest absolute Gasteiger partial charge is 0.227 e. The van der Waals surface area contributed by atoms with Gasteiger partial charge in [-0.05, 0) is 41.5 Å². The van der Waals surface area contributed by atoms with Crippen molar-refractivity contribution in [1.82, 2.24) is 10.6 Å². The number of nitrogens with zero attached hydrogens (tertiary/aromatic N) is 1. The van der Waals surface area contributed by atoms with Crippen molar-refractivity contribution >= 4 is 45.8 Å². The number of likely N-dealkylation sites (N-methyl/N-ethyl adjacent to an activating group) is 1. The SMILES string of the molecule is CCN[C@H](C)CNC(=O)C1CC(=O)N(c2ccccc2Br)C1.Cl. The van der Waals surface area contributed by atoms with Crippen LogP contribution in [-0.2, 0) is 9.59 Å². The molecule has 1 unspecified atom stereocenters. The van der Waals surface area contributed by atoms with Crippen molar-refractivity contribution in [2.45, 2.75) is 26.3 Å². The molecule has 1 heterocycles. The molecule has 1 fully saturated rings. The van der Waals surface area contributed by atoms with Gasteiger partial charge >= 0.3 is 0 Å². The molecule has 0 aliphatic carbocycles. The van der Waals surface area contributed by atoms with Gasteiger partial charge in [0.25, 0.3) is 0 Å². The largest absolute Gasteiger partial charge is 0.354 e. The van der Waals surface area contributed by atoms with E-state index in [1.54, 1.807) is 4.90 Å². The highest BCUT2D eigenvalue weighted by molar-refractivity contribution is 9.10. The van der Waals surface area contributed by atoms with E-state index in [0.717, 1.165) is 16.7 Å². The third-order valence-electron chi connectivity index (χ3n) is 3.77. The minimum absolute atomic E-state index is 0. The van der Waals surface area contributed by atoms with Gasteiger partial charge in [-0.15, -0.1) is 12.4 Å². The molecular weight excluding hydrogens is 382 g/mol. The Morgan fingerprint density at radius 3 is 2.78 bits per heavy atom. The van der Waals surface area contributed by atoms with Gasteiger partial charge in [0, 0.05) is 30.0 Å². The lowest BCUT2D eigenvalue weighted by Gasteiger charge is -2.19. The molecule has 1 aromatic carbocycles. The minimum Gasteiger partial charge on any atom is -0.354 e. The summed E-state index contributed by atoms with van der Waals surface area (Å²) in [6.45, 7) is 5.94. The zero-order valence-electron chi connectivity index (χ0n) is 13.3. The molecule has 0 bridgehead atoms. The third kappa shape index (κ3) is 5.19. The minimum atomic E-state index is -0.284. The molecule has 7 heteroatoms. The molecule has 2 rings (SSSR count). The number of para-hydroxylation sites is 1. The summed E-state index contributed by atoms with van der Waals surface area (Å²) in [6.07, 6.45) is 0.267. The van der Waals surface area contributed by atoms with Crippen LogP contribution in [0.25, 0.3) is 0 Å². The number of benzene rings is 1. The van der Waals surface area contributed by atoms with E-state index in [4.69, 9.17) is 0 Å². The van der Waals surface area contributed by atoms with Gasteiger partial charge in [-0.3, -0.25) is 9.59 Å². The first-order valence-corrected chi connectivity index (χ1v) is 8.38. The summed E-state index contributed by atoms with van der Waals surface area (Å²) < 4.78 is 0.866. The molecule has 0 radical (unpaired) electrons. The Morgan fingerprint density at radius 1 is 1.43 bits per heavy atom. The molecule has 1 aliphatic rings. The maximum absolute atomic E-state index is 12.2. The van der Waals surface area contributed by atoms with Crippen LogP contribution in [0.15, 0.2) is 28.7 Å². The van der Waals surface area contributed by atoms with Gasteiger partial charge in [-0.1, -0.05) is 19.1 Å². The molecule has 2 atom stereocenters. The summed E-state index contributed by atoms with van der Waals surface area (Å²) in [5.41, 5.74) is 0.823. The quantitative estimate of drug-likeness (QED) is 0.765. The summed E-state index contributed by atoms with van der Waals surface area (Å²) >= 11 is 3.46. The topological polar surface area (TPSA) is 61.4 Å². The lowest BCUT2D eigenvalue weighted by molar-refractivity contribution is -0.126. The number of amides is 2. The van der Waals surface area contributed by atoms with Crippen molar-refractivity contribution in [1.29, 1.82) is 0 Å². The van der Waals surface area contributed by atoms with Crippen molar-refractivity contribution in [3.63, 3.8) is 0 Å². The van der Waals surface area contributed by atoms with Gasteiger partial charge in [0.2, 0.25) is 11.8 Å². The molecule has 0 saturated carbocycles. The van der Waals surface area contributed by atoms with E-state index < -0.39 is 0 Å². The number of carbonyl (C=O) groups is 2. The normalized spacial score (nSPS) is 18.5. The zero-order chi connectivity index (χ0) is 16.1. The number of halogens is 2. The van der Waals surface area contributed by atoms with E-state index in [2.05, 4.69) is 26.6 Å². The number of carbonyl (C=O) groups excluding carboxylic acids is 2. The Morgan fingerprint density at radius 2 is 2.13 bits per heavy atom. The molecule has 1 aliphatic heterocycles. The molecule has 0 spiro atoms. The first-order chi connectivity index (χ1) is 10.5. The maximum atomic E-state index is 12.2. The highest BCUT2D eigenvalue weighted by Gasteiger charge is 2.35. The van der Waals surface area contributed by atoms with Crippen LogP contribution >= 0.6 is 28.3 Å². The third-order valence-corrected chi connectivity index (χ3v) is 4.44. The fourth-order valence-corrected chi connectivity index (χ4v) is 3.10. The first-order valence-electron chi connectivity index (χ1n) is 7.59. The Balaban J connectivity index is 0.00000264. The highest BCUT2D eigenvalue weighted by atomic mass is 79.9. The van der Waals surface area contributed by atoms with Crippen LogP contribution in [0.1, 0.15) is 20.3 Å². The van der Waals surface area contributed by atoms with Gasteiger partial charge in [0.15, 0.2) is 0 Å². The molecule has 128 valence electrons.